The number of aliphatic hydroxyl groups is 1. The van der Waals surface area contributed by atoms with Gasteiger partial charge in [0, 0.05) is 57.8 Å². The molecule has 0 aliphatic heterocycles. The fourth-order valence-corrected chi connectivity index (χ4v) is 14.7. The Labute approximate surface area is 863 Å². The Balaban J connectivity index is 1.84. The molecule has 149 heavy (non-hydrogen) atoms. The van der Waals surface area contributed by atoms with Gasteiger partial charge in [0.15, 0.2) is 23.8 Å². The molecule has 3 aromatic rings. The Morgan fingerprint density at radius 2 is 0.604 bits per heavy atom. The van der Waals surface area contributed by atoms with Gasteiger partial charge in [-0.05, 0) is 145 Å². The molecule has 3 rings (SSSR count). The number of carboxylic acid groups (broad SMARTS) is 1. The van der Waals surface area contributed by atoms with Gasteiger partial charge in [0.2, 0.25) is 106 Å². The Morgan fingerprint density at radius 3 is 0.966 bits per heavy atom. The van der Waals surface area contributed by atoms with Gasteiger partial charge in [-0.2, -0.15) is 0 Å². The summed E-state index contributed by atoms with van der Waals surface area (Å²) in [6.45, 7) is 18.0. The molecule has 16 atom stereocenters. The van der Waals surface area contributed by atoms with Crippen molar-refractivity contribution in [1.29, 1.82) is 21.6 Å². The number of nitrogens with two attached hydrogens (primary N) is 5. The van der Waals surface area contributed by atoms with Crippen LogP contribution in [-0.2, 0) is 110 Å². The SMILES string of the molecule is CC(C)C[C@H](NC(=O)CNC(=O)[C@H](CCCNC(=N)N)NC(=O)[C@H](C)NC(=O)[C@H](C)NC(=O)[C@H](CCCNC(=N)N)NC(=O)[C@H](C)NC(=O)[C@@H](NC(=O)[C@H](CC(C)C)NC(=O)[C@H](CC(C)C)NC(=O)[C@H](CO)NC(=O)[C@H](CCCNC(=N)N)NC(=O)CNC(=O)CN)C(C)C)C(=O)N[C@@H](Cc1ccc(O)cc1)C(=O)N[C@@H](CCCNC(=N)N)C(=O)N[C@@H](CC(C)C)C(=O)N[C@@H](Cc1c[nH]cn1)C(=O)N[C@@H](Cc1c[nH]cn1)C(=O)O. The van der Waals surface area contributed by atoms with Crippen molar-refractivity contribution in [3.05, 3.63) is 66.3 Å². The highest BCUT2D eigenvalue weighted by Crippen LogP contribution is 2.18. The summed E-state index contributed by atoms with van der Waals surface area (Å²) in [5.41, 5.74) is 28.2. The maximum atomic E-state index is 14.9. The first-order valence-electron chi connectivity index (χ1n) is 49.1. The highest BCUT2D eigenvalue weighted by molar-refractivity contribution is 6.02. The van der Waals surface area contributed by atoms with Gasteiger partial charge in [-0.15, -0.1) is 0 Å². The van der Waals surface area contributed by atoms with Crippen molar-refractivity contribution >= 4 is 136 Å². The summed E-state index contributed by atoms with van der Waals surface area (Å²) >= 11 is 0. The number of aromatic hydroxyl groups is 1. The maximum Gasteiger partial charge on any atom is 0.326 e. The van der Waals surface area contributed by atoms with Crippen LogP contribution in [0.25, 0.3) is 0 Å². The predicted octanol–water partition coefficient (Wildman–Crippen LogP) is -9.16. The number of nitrogens with zero attached hydrogens (tertiary/aromatic N) is 2. The highest BCUT2D eigenvalue weighted by atomic mass is 16.4. The molecule has 0 saturated carbocycles. The Kier molecular flexibility index (Phi) is 56.9. The van der Waals surface area contributed by atoms with Crippen molar-refractivity contribution < 1.29 is 106 Å². The molecule has 18 amide bonds. The van der Waals surface area contributed by atoms with E-state index in [0.717, 1.165) is 0 Å². The van der Waals surface area contributed by atoms with Gasteiger partial charge in [0.1, 0.15) is 102 Å². The summed E-state index contributed by atoms with van der Waals surface area (Å²) in [7, 11) is 0. The molecule has 0 aliphatic carbocycles. The van der Waals surface area contributed by atoms with Crippen LogP contribution < -0.4 is 146 Å². The number of guanidine groups is 4. The lowest BCUT2D eigenvalue weighted by Crippen LogP contribution is -2.61. The quantitative estimate of drug-likeness (QED) is 0.0142. The number of aliphatic carboxylic acids is 1. The van der Waals surface area contributed by atoms with Crippen molar-refractivity contribution in [2.75, 3.05) is 52.4 Å². The number of benzene rings is 1. The normalized spacial score (nSPS) is 14.3. The van der Waals surface area contributed by atoms with Crippen molar-refractivity contribution in [1.82, 2.24) is 137 Å². The number of carboxylic acids is 1. The lowest BCUT2D eigenvalue weighted by atomic mass is 9.98. The van der Waals surface area contributed by atoms with Crippen molar-refractivity contribution in [2.24, 2.45) is 58.3 Å². The number of imidazole rings is 2. The second-order valence-electron chi connectivity index (χ2n) is 37.8. The lowest BCUT2D eigenvalue weighted by Gasteiger charge is -2.29. The van der Waals surface area contributed by atoms with Crippen LogP contribution in [0.5, 0.6) is 5.75 Å². The van der Waals surface area contributed by atoms with Crippen molar-refractivity contribution in [2.45, 2.75) is 283 Å². The topological polar surface area (TPSA) is 933 Å². The summed E-state index contributed by atoms with van der Waals surface area (Å²) < 4.78 is 0. The summed E-state index contributed by atoms with van der Waals surface area (Å²) in [6.07, 6.45) is 4.22. The molecule has 0 aliphatic rings. The number of phenolic OH excluding ortho intramolecular Hbond substituents is 1. The number of aliphatic hydroxyl groups excluding tert-OH is 1. The molecule has 0 unspecified atom stereocenters. The van der Waals surface area contributed by atoms with Crippen LogP contribution in [0.4, 0.5) is 0 Å². The molecule has 0 saturated heterocycles. The first-order chi connectivity index (χ1) is 70.1. The largest absolute Gasteiger partial charge is 0.508 e. The van der Waals surface area contributed by atoms with E-state index >= 15 is 0 Å². The van der Waals surface area contributed by atoms with E-state index in [1.807, 2.05) is 0 Å². The van der Waals surface area contributed by atoms with Gasteiger partial charge in [0.05, 0.1) is 50.3 Å². The molecule has 57 heteroatoms. The van der Waals surface area contributed by atoms with Gasteiger partial charge in [-0.3, -0.25) is 108 Å². The molecule has 57 nitrogen and oxygen atoms in total. The number of rotatable bonds is 69. The minimum Gasteiger partial charge on any atom is -0.508 e. The van der Waals surface area contributed by atoms with Crippen molar-refractivity contribution in [3.63, 3.8) is 0 Å². The van der Waals surface area contributed by atoms with Crippen LogP contribution >= 0.6 is 0 Å². The van der Waals surface area contributed by atoms with Gasteiger partial charge >= 0.3 is 5.97 Å². The Morgan fingerprint density at radius 1 is 0.322 bits per heavy atom. The first kappa shape index (κ1) is 128. The third kappa shape index (κ3) is 50.8. The predicted molar refractivity (Wildman–Crippen MR) is 543 cm³/mol. The fraction of sp³-hybridized carbons (Fsp3) is 0.620. The minimum absolute atomic E-state index is 0.00182. The number of H-pyrrole nitrogens is 2. The zero-order valence-electron chi connectivity index (χ0n) is 86.4. The third-order valence-electron chi connectivity index (χ3n) is 22.4. The zero-order valence-corrected chi connectivity index (χ0v) is 86.4. The second-order valence-corrected chi connectivity index (χ2v) is 37.8. The van der Waals surface area contributed by atoms with Crippen LogP contribution in [0.15, 0.2) is 49.3 Å². The number of hydrogen-bond donors (Lipinski definition) is 36. The molecule has 2 heterocycles. The molecule has 2 aromatic heterocycles. The van der Waals surface area contributed by atoms with E-state index < -0.39 is 259 Å². The van der Waals surface area contributed by atoms with Gasteiger partial charge in [-0.25, -0.2) is 14.8 Å². The average molecular weight is 2100 g/mol. The molecule has 0 radical (unpaired) electrons. The number of hydrogen-bond acceptors (Lipinski definition) is 28. The average Bonchev–Trinajstić information content (AvgIpc) is 1.81. The number of carbonyl (C=O) groups excluding carboxylic acids is 18. The summed E-state index contributed by atoms with van der Waals surface area (Å²) in [5.74, 6) is -21.7. The minimum atomic E-state index is -1.71. The number of aromatic amines is 2. The first-order valence-corrected chi connectivity index (χ1v) is 49.1. The fourth-order valence-electron chi connectivity index (χ4n) is 14.7. The molecule has 0 bridgehead atoms. The van der Waals surface area contributed by atoms with Crippen LogP contribution in [-0.4, -0.2) is 320 Å². The molecule has 0 fully saturated rings. The standard InChI is InChI=1S/C92H155N35O22/c1-45(2)30-61(80(140)123-65(34-53-22-24-56(129)25-23-53)83(143)119-60(21-17-29-107-92(100)101)79(139)120-62(31-46(3)4)82(142)124-66(35-54-38-102-43-110-54)84(144)125-67(88(148)149)36-55-39-103-44-111-55)116-71(132)41-109-76(136)57(18-14-26-104-89(94)95)117-74(134)51(12)112-73(133)50(11)113-77(137)59(20-16-28-106-91(98)99)118-75(135)52(13)114-87(147)72(49(9)10)127-85(145)64(33-48(7)8)121-81(141)63(32-47(5)6)122-86(146)68(42-128)126-78(138)58(19-15-27-105-90(96)97)115-70(131)40-108-69(130)37-93/h22-25,38-39,43-52,57-68,72,128-129H,14-21,26-37,40-42,93H2,1-13H3,(H,102,110)(H,103,111)(H,108,130)(H,109,136)(H,112,133)(H,113,137)(H,114,147)(H,115,131)(H,116,132)(H,117,134)(H,118,135)(H,119,143)(H,120,139)(H,121,141)(H,122,146)(H,123,140)(H,124,142)(H,125,144)(H,126,138)(H,127,145)(H,148,149)(H4,94,95,104)(H4,96,97,105)(H4,98,99,106)(H4,100,101,107)/t50-,51-,52-,57-,58-,59-,60-,61-,62-,63-,64-,65-,66-,67-,68-,72-/m0/s1. The lowest BCUT2D eigenvalue weighted by molar-refractivity contribution is -0.142. The van der Waals surface area contributed by atoms with Crippen LogP contribution in [0, 0.1) is 51.2 Å². The molecule has 1 aromatic carbocycles. The van der Waals surface area contributed by atoms with E-state index in [-0.39, 0.29) is 158 Å². The Hall–Kier alpha value is -15.6. The monoisotopic (exact) mass is 2100 g/mol. The maximum absolute atomic E-state index is 14.9. The summed E-state index contributed by atoms with van der Waals surface area (Å²) in [5, 5.41) is 117. The zero-order chi connectivity index (χ0) is 112. The number of phenols is 1. The second kappa shape index (κ2) is 66.5. The highest BCUT2D eigenvalue weighted by Gasteiger charge is 2.40. The smallest absolute Gasteiger partial charge is 0.326 e. The molecular formula is C92H155N35O22. The van der Waals surface area contributed by atoms with Gasteiger partial charge in [-0.1, -0.05) is 81.4 Å². The van der Waals surface area contributed by atoms with E-state index in [1.165, 1.54) is 70.1 Å². The molecule has 41 N–H and O–H groups in total. The Bertz CT molecular complexity index is 4950. The van der Waals surface area contributed by atoms with E-state index in [4.69, 9.17) is 50.3 Å². The number of aromatic nitrogens is 4. The van der Waals surface area contributed by atoms with Crippen LogP contribution in [0.3, 0.4) is 0 Å². The van der Waals surface area contributed by atoms with E-state index in [1.54, 1.807) is 69.2 Å². The summed E-state index contributed by atoms with van der Waals surface area (Å²) in [4.78, 5) is 279. The molecule has 830 valence electrons. The number of amides is 18. The van der Waals surface area contributed by atoms with E-state index in [0.29, 0.717) is 17.0 Å². The van der Waals surface area contributed by atoms with Gasteiger partial charge < -0.3 is 171 Å². The molecular weight excluding hydrogens is 1950 g/mol. The van der Waals surface area contributed by atoms with Gasteiger partial charge in [0.25, 0.3) is 0 Å². The van der Waals surface area contributed by atoms with E-state index in [9.17, 15) is 106 Å². The third-order valence-corrected chi connectivity index (χ3v) is 22.4. The van der Waals surface area contributed by atoms with E-state index in [2.05, 4.69) is 137 Å². The summed E-state index contributed by atoms with van der Waals surface area (Å²) in [6, 6.07) is -18.1. The number of nitrogens with one attached hydrogen (secondary N) is 28. The number of carbonyl (C=O) groups is 19. The van der Waals surface area contributed by atoms with Crippen LogP contribution in [0.2, 0.25) is 0 Å². The van der Waals surface area contributed by atoms with Crippen molar-refractivity contribution in [3.8, 4) is 5.75 Å². The van der Waals surface area contributed by atoms with Crippen LogP contribution in [0.1, 0.15) is 184 Å². The molecule has 0 spiro atoms.